The third-order valence-corrected chi connectivity index (χ3v) is 4.29. The lowest BCUT2D eigenvalue weighted by atomic mass is 9.83. The highest BCUT2D eigenvalue weighted by atomic mass is 19.4. The minimum Gasteiger partial charge on any atom is -0.467 e. The number of anilines is 1. The van der Waals surface area contributed by atoms with E-state index in [9.17, 15) is 13.2 Å². The molecular weight excluding hydrogens is 311 g/mol. The van der Waals surface area contributed by atoms with Crippen LogP contribution in [0.5, 0.6) is 5.75 Å². The summed E-state index contributed by atoms with van der Waals surface area (Å²) in [5.41, 5.74) is 1.43. The monoisotopic (exact) mass is 325 g/mol. The molecule has 2 aliphatic heterocycles. The Kier molecular flexibility index (Phi) is 3.26. The summed E-state index contributed by atoms with van der Waals surface area (Å²) in [5, 5.41) is 3.35. The molecular formula is C16H14F3NO3. The van der Waals surface area contributed by atoms with Crippen molar-refractivity contribution in [1.82, 2.24) is 0 Å². The number of alkyl halides is 3. The van der Waals surface area contributed by atoms with Gasteiger partial charge in [-0.25, -0.2) is 0 Å². The van der Waals surface area contributed by atoms with Gasteiger partial charge in [-0.05, 0) is 36.8 Å². The van der Waals surface area contributed by atoms with Crippen molar-refractivity contribution < 1.29 is 27.1 Å². The van der Waals surface area contributed by atoms with Gasteiger partial charge in [0.25, 0.3) is 0 Å². The molecule has 3 unspecified atom stereocenters. The van der Waals surface area contributed by atoms with Crippen LogP contribution in [0.1, 0.15) is 29.9 Å². The average molecular weight is 325 g/mol. The Labute approximate surface area is 130 Å². The van der Waals surface area contributed by atoms with Gasteiger partial charge in [0.1, 0.15) is 11.5 Å². The smallest absolute Gasteiger partial charge is 0.467 e. The number of benzene rings is 1. The molecule has 1 aromatic carbocycles. The summed E-state index contributed by atoms with van der Waals surface area (Å²) in [6.45, 7) is 0.567. The second-order valence-electron chi connectivity index (χ2n) is 5.68. The van der Waals surface area contributed by atoms with Gasteiger partial charge in [0.05, 0.1) is 18.4 Å². The topological polar surface area (TPSA) is 43.6 Å². The maximum absolute atomic E-state index is 12.4. The van der Waals surface area contributed by atoms with Gasteiger partial charge in [0.15, 0.2) is 0 Å². The largest absolute Gasteiger partial charge is 0.573 e. The van der Waals surface area contributed by atoms with Crippen LogP contribution < -0.4 is 10.1 Å². The molecule has 1 N–H and O–H groups in total. The van der Waals surface area contributed by atoms with E-state index in [0.29, 0.717) is 12.2 Å². The summed E-state index contributed by atoms with van der Waals surface area (Å²) in [5.74, 6) is 0.672. The second kappa shape index (κ2) is 5.19. The van der Waals surface area contributed by atoms with E-state index in [4.69, 9.17) is 9.15 Å². The molecule has 7 heteroatoms. The van der Waals surface area contributed by atoms with Crippen molar-refractivity contribution in [2.75, 3.05) is 11.9 Å². The van der Waals surface area contributed by atoms with Crippen LogP contribution in [0.4, 0.5) is 18.9 Å². The lowest BCUT2D eigenvalue weighted by Crippen LogP contribution is -2.29. The number of nitrogens with one attached hydrogen (secondary N) is 1. The summed E-state index contributed by atoms with van der Waals surface area (Å²) in [4.78, 5) is 0. The quantitative estimate of drug-likeness (QED) is 0.887. The van der Waals surface area contributed by atoms with Crippen molar-refractivity contribution in [2.24, 2.45) is 5.92 Å². The maximum Gasteiger partial charge on any atom is 0.573 e. The molecule has 4 rings (SSSR count). The number of furan rings is 1. The average Bonchev–Trinajstić information content (AvgIpc) is 3.16. The number of hydrogen-bond donors (Lipinski definition) is 1. The molecule has 122 valence electrons. The van der Waals surface area contributed by atoms with Crippen LogP contribution >= 0.6 is 0 Å². The van der Waals surface area contributed by atoms with Crippen molar-refractivity contribution in [3.05, 3.63) is 47.9 Å². The Balaban J connectivity index is 1.70. The fraction of sp³-hybridized carbons (Fsp3) is 0.375. The van der Waals surface area contributed by atoms with Gasteiger partial charge in [0, 0.05) is 23.8 Å². The van der Waals surface area contributed by atoms with Crippen LogP contribution in [-0.2, 0) is 4.74 Å². The summed E-state index contributed by atoms with van der Waals surface area (Å²) in [6.07, 6.45) is -2.55. The van der Waals surface area contributed by atoms with Crippen molar-refractivity contribution >= 4 is 5.69 Å². The molecule has 0 amide bonds. The van der Waals surface area contributed by atoms with Gasteiger partial charge in [-0.15, -0.1) is 13.2 Å². The van der Waals surface area contributed by atoms with Gasteiger partial charge in [-0.3, -0.25) is 0 Å². The zero-order valence-corrected chi connectivity index (χ0v) is 12.0. The minimum absolute atomic E-state index is 0.0561. The summed E-state index contributed by atoms with van der Waals surface area (Å²) in [6, 6.07) is 7.94. The molecule has 4 nitrogen and oxygen atoms in total. The van der Waals surface area contributed by atoms with E-state index in [1.165, 1.54) is 12.1 Å². The molecule has 3 heterocycles. The lowest BCUT2D eigenvalue weighted by molar-refractivity contribution is -0.274. The van der Waals surface area contributed by atoms with E-state index in [1.807, 2.05) is 12.1 Å². The first kappa shape index (κ1) is 14.4. The third kappa shape index (κ3) is 2.65. The van der Waals surface area contributed by atoms with Crippen LogP contribution in [0.2, 0.25) is 0 Å². The Morgan fingerprint density at radius 1 is 1.22 bits per heavy atom. The second-order valence-corrected chi connectivity index (χ2v) is 5.68. The maximum atomic E-state index is 12.4. The van der Waals surface area contributed by atoms with Gasteiger partial charge in [-0.1, -0.05) is 0 Å². The molecule has 2 aliphatic rings. The molecule has 0 spiro atoms. The van der Waals surface area contributed by atoms with Crippen LogP contribution in [0.3, 0.4) is 0 Å². The molecule has 1 fully saturated rings. The van der Waals surface area contributed by atoms with E-state index in [1.54, 1.807) is 12.3 Å². The number of halogens is 3. The van der Waals surface area contributed by atoms with Crippen LogP contribution in [0.15, 0.2) is 41.0 Å². The Morgan fingerprint density at radius 2 is 2.09 bits per heavy atom. The molecule has 1 aromatic heterocycles. The Hall–Kier alpha value is -2.15. The molecule has 3 atom stereocenters. The molecule has 0 radical (unpaired) electrons. The molecule has 0 saturated carbocycles. The number of ether oxygens (including phenoxy) is 2. The van der Waals surface area contributed by atoms with E-state index >= 15 is 0 Å². The number of hydrogen-bond acceptors (Lipinski definition) is 4. The summed E-state index contributed by atoms with van der Waals surface area (Å²) in [7, 11) is 0. The van der Waals surface area contributed by atoms with E-state index < -0.39 is 6.36 Å². The van der Waals surface area contributed by atoms with Crippen LogP contribution in [0.25, 0.3) is 0 Å². The predicted molar refractivity (Wildman–Crippen MR) is 75.0 cm³/mol. The van der Waals surface area contributed by atoms with Crippen molar-refractivity contribution in [3.63, 3.8) is 0 Å². The van der Waals surface area contributed by atoms with Gasteiger partial charge >= 0.3 is 6.36 Å². The molecule has 23 heavy (non-hydrogen) atoms. The first-order valence-corrected chi connectivity index (χ1v) is 7.32. The number of rotatable bonds is 2. The van der Waals surface area contributed by atoms with Gasteiger partial charge < -0.3 is 19.2 Å². The lowest BCUT2D eigenvalue weighted by Gasteiger charge is -2.35. The fourth-order valence-electron chi connectivity index (χ4n) is 3.40. The Bertz CT molecular complexity index is 699. The van der Waals surface area contributed by atoms with E-state index in [0.717, 1.165) is 17.9 Å². The summed E-state index contributed by atoms with van der Waals surface area (Å²) < 4.78 is 52.5. The first-order valence-electron chi connectivity index (χ1n) is 7.32. The van der Waals surface area contributed by atoms with E-state index in [-0.39, 0.29) is 23.8 Å². The SMILES string of the molecule is FC(F)(F)Oc1ccc2c(c1)C1OCCC1C(c1ccco1)N2. The van der Waals surface area contributed by atoms with Crippen molar-refractivity contribution in [1.29, 1.82) is 0 Å². The molecule has 0 aliphatic carbocycles. The number of fused-ring (bicyclic) bond motifs is 3. The molecule has 0 bridgehead atoms. The zero-order valence-electron chi connectivity index (χ0n) is 12.0. The molecule has 2 aromatic rings. The van der Waals surface area contributed by atoms with Crippen LogP contribution in [-0.4, -0.2) is 13.0 Å². The standard InChI is InChI=1S/C16H14F3NO3/c17-16(18,19)23-9-3-4-12-11(8-9)15-10(5-7-22-15)14(20-12)13-2-1-6-21-13/h1-4,6,8,10,14-15,20H,5,7H2. The highest BCUT2D eigenvalue weighted by Gasteiger charge is 2.43. The highest BCUT2D eigenvalue weighted by Crippen LogP contribution is 2.50. The third-order valence-electron chi connectivity index (χ3n) is 4.29. The van der Waals surface area contributed by atoms with Gasteiger partial charge in [-0.2, -0.15) is 0 Å². The van der Waals surface area contributed by atoms with Gasteiger partial charge in [0.2, 0.25) is 0 Å². The first-order chi connectivity index (χ1) is 11.0. The van der Waals surface area contributed by atoms with E-state index in [2.05, 4.69) is 10.1 Å². The zero-order chi connectivity index (χ0) is 16.0. The summed E-state index contributed by atoms with van der Waals surface area (Å²) >= 11 is 0. The Morgan fingerprint density at radius 3 is 2.83 bits per heavy atom. The van der Waals surface area contributed by atoms with Crippen molar-refractivity contribution in [3.8, 4) is 5.75 Å². The minimum atomic E-state index is -4.71. The predicted octanol–water partition coefficient (Wildman–Crippen LogP) is 4.42. The van der Waals surface area contributed by atoms with Crippen molar-refractivity contribution in [2.45, 2.75) is 24.9 Å². The van der Waals surface area contributed by atoms with Crippen LogP contribution in [0, 0.1) is 5.92 Å². The fourth-order valence-corrected chi connectivity index (χ4v) is 3.40. The molecule has 1 saturated heterocycles. The highest BCUT2D eigenvalue weighted by molar-refractivity contribution is 5.59. The normalized spacial score (nSPS) is 26.3.